The summed E-state index contributed by atoms with van der Waals surface area (Å²) >= 11 is 0. The van der Waals surface area contributed by atoms with E-state index in [-0.39, 0.29) is 12.4 Å². The molecule has 0 aromatic carbocycles. The molecular formula is C7H12ClNO2. The molecule has 0 amide bonds. The number of ether oxygens (including phenoxy) is 1. The van der Waals surface area contributed by atoms with Crippen LogP contribution in [0.1, 0.15) is 12.8 Å². The zero-order valence-corrected chi connectivity index (χ0v) is 7.19. The molecule has 0 saturated carbocycles. The topological polar surface area (TPSA) is 52.3 Å². The highest BCUT2D eigenvalue weighted by Crippen LogP contribution is 1.94. The minimum atomic E-state index is -0.568. The fraction of sp³-hybridized carbons (Fsp3) is 0.571. The molecule has 0 aliphatic rings. The Balaban J connectivity index is 0. The number of terminal acetylenes is 1. The van der Waals surface area contributed by atoms with Crippen LogP contribution in [0.2, 0.25) is 0 Å². The number of nitrogens with two attached hydrogens (primary N) is 1. The van der Waals surface area contributed by atoms with Crippen LogP contribution in [-0.2, 0) is 9.53 Å². The van der Waals surface area contributed by atoms with Crippen LogP contribution in [0.15, 0.2) is 0 Å². The molecule has 1 atom stereocenters. The predicted octanol–water partition coefficient (Wildman–Crippen LogP) is 0.322. The largest absolute Gasteiger partial charge is 0.468 e. The minimum absolute atomic E-state index is 0. The van der Waals surface area contributed by atoms with Gasteiger partial charge in [0.2, 0.25) is 0 Å². The van der Waals surface area contributed by atoms with Gasteiger partial charge in [0.1, 0.15) is 6.04 Å². The highest BCUT2D eigenvalue weighted by atomic mass is 35.5. The molecule has 0 aromatic heterocycles. The van der Waals surface area contributed by atoms with Gasteiger partial charge in [-0.15, -0.1) is 24.8 Å². The summed E-state index contributed by atoms with van der Waals surface area (Å²) in [5.74, 6) is 1.98. The summed E-state index contributed by atoms with van der Waals surface area (Å²) in [7, 11) is 1.30. The third-order valence-corrected chi connectivity index (χ3v) is 1.10. The van der Waals surface area contributed by atoms with Crippen molar-refractivity contribution in [3.63, 3.8) is 0 Å². The van der Waals surface area contributed by atoms with Gasteiger partial charge in [-0.1, -0.05) is 0 Å². The number of carbonyl (C=O) groups is 1. The van der Waals surface area contributed by atoms with E-state index in [0.29, 0.717) is 12.8 Å². The second-order valence-corrected chi connectivity index (χ2v) is 1.87. The van der Waals surface area contributed by atoms with E-state index >= 15 is 0 Å². The smallest absolute Gasteiger partial charge is 0.322 e. The summed E-state index contributed by atoms with van der Waals surface area (Å²) in [6.07, 6.45) is 5.96. The molecule has 3 nitrogen and oxygen atoms in total. The van der Waals surface area contributed by atoms with E-state index in [1.165, 1.54) is 7.11 Å². The van der Waals surface area contributed by atoms with E-state index in [0.717, 1.165) is 0 Å². The van der Waals surface area contributed by atoms with Crippen LogP contribution in [-0.4, -0.2) is 19.1 Å². The number of esters is 1. The Hall–Kier alpha value is -0.720. The molecule has 4 heteroatoms. The lowest BCUT2D eigenvalue weighted by Crippen LogP contribution is -2.31. The zero-order valence-electron chi connectivity index (χ0n) is 6.37. The summed E-state index contributed by atoms with van der Waals surface area (Å²) in [6.45, 7) is 0. The van der Waals surface area contributed by atoms with E-state index in [9.17, 15) is 4.79 Å². The van der Waals surface area contributed by atoms with Crippen LogP contribution in [0.5, 0.6) is 0 Å². The van der Waals surface area contributed by atoms with Crippen molar-refractivity contribution in [1.29, 1.82) is 0 Å². The maximum absolute atomic E-state index is 10.6. The van der Waals surface area contributed by atoms with Crippen molar-refractivity contribution in [2.45, 2.75) is 18.9 Å². The molecule has 0 aromatic rings. The normalized spacial score (nSPS) is 10.6. The highest BCUT2D eigenvalue weighted by Gasteiger charge is 2.11. The molecule has 64 valence electrons. The van der Waals surface area contributed by atoms with Gasteiger partial charge in [0, 0.05) is 6.42 Å². The van der Waals surface area contributed by atoms with Gasteiger partial charge in [-0.3, -0.25) is 4.79 Å². The molecule has 0 unspecified atom stereocenters. The van der Waals surface area contributed by atoms with E-state index < -0.39 is 12.0 Å². The maximum atomic E-state index is 10.6. The molecule has 0 bridgehead atoms. The molecule has 0 radical (unpaired) electrons. The number of halogens is 1. The van der Waals surface area contributed by atoms with E-state index in [2.05, 4.69) is 10.7 Å². The molecule has 0 heterocycles. The van der Waals surface area contributed by atoms with Crippen LogP contribution in [0.4, 0.5) is 0 Å². The van der Waals surface area contributed by atoms with E-state index in [1.54, 1.807) is 0 Å². The Bertz CT molecular complexity index is 153. The average molecular weight is 178 g/mol. The van der Waals surface area contributed by atoms with Crippen molar-refractivity contribution in [1.82, 2.24) is 0 Å². The fourth-order valence-corrected chi connectivity index (χ4v) is 0.508. The number of rotatable bonds is 3. The fourth-order valence-electron chi connectivity index (χ4n) is 0.508. The molecule has 0 fully saturated rings. The lowest BCUT2D eigenvalue weighted by atomic mass is 10.2. The summed E-state index contributed by atoms with van der Waals surface area (Å²) in [5.41, 5.74) is 5.34. The van der Waals surface area contributed by atoms with Crippen molar-refractivity contribution in [2.24, 2.45) is 5.73 Å². The molecule has 11 heavy (non-hydrogen) atoms. The van der Waals surface area contributed by atoms with Gasteiger partial charge in [-0.2, -0.15) is 0 Å². The van der Waals surface area contributed by atoms with Gasteiger partial charge >= 0.3 is 5.97 Å². The van der Waals surface area contributed by atoms with Crippen LogP contribution >= 0.6 is 12.4 Å². The van der Waals surface area contributed by atoms with Crippen molar-refractivity contribution >= 4 is 18.4 Å². The number of hydrogen-bond donors (Lipinski definition) is 1. The third kappa shape index (κ3) is 5.71. The minimum Gasteiger partial charge on any atom is -0.468 e. The zero-order chi connectivity index (χ0) is 7.98. The molecule has 0 spiro atoms. The van der Waals surface area contributed by atoms with Gasteiger partial charge in [0.05, 0.1) is 7.11 Å². The van der Waals surface area contributed by atoms with Gasteiger partial charge in [0.15, 0.2) is 0 Å². The van der Waals surface area contributed by atoms with Crippen molar-refractivity contribution in [3.05, 3.63) is 0 Å². The van der Waals surface area contributed by atoms with Crippen molar-refractivity contribution in [2.75, 3.05) is 7.11 Å². The summed E-state index contributed by atoms with van der Waals surface area (Å²) in [4.78, 5) is 10.6. The van der Waals surface area contributed by atoms with Gasteiger partial charge in [0.25, 0.3) is 0 Å². The molecule has 0 aliphatic carbocycles. The molecule has 0 rings (SSSR count). The SMILES string of the molecule is C#CCC[C@H](N)C(=O)OC.Cl. The van der Waals surface area contributed by atoms with Crippen LogP contribution in [0, 0.1) is 12.3 Å². The molecule has 2 N–H and O–H groups in total. The summed E-state index contributed by atoms with van der Waals surface area (Å²) in [5, 5.41) is 0. The number of hydrogen-bond acceptors (Lipinski definition) is 3. The maximum Gasteiger partial charge on any atom is 0.322 e. The number of carbonyl (C=O) groups excluding carboxylic acids is 1. The Morgan fingerprint density at radius 1 is 1.82 bits per heavy atom. The first-order valence-corrected chi connectivity index (χ1v) is 2.99. The quantitative estimate of drug-likeness (QED) is 0.499. The van der Waals surface area contributed by atoms with E-state index in [4.69, 9.17) is 12.2 Å². The predicted molar refractivity (Wildman–Crippen MR) is 45.3 cm³/mol. The second-order valence-electron chi connectivity index (χ2n) is 1.87. The number of methoxy groups -OCH3 is 1. The summed E-state index contributed by atoms with van der Waals surface area (Å²) in [6, 6.07) is -0.568. The van der Waals surface area contributed by atoms with Crippen LogP contribution in [0.3, 0.4) is 0 Å². The van der Waals surface area contributed by atoms with E-state index in [1.807, 2.05) is 0 Å². The van der Waals surface area contributed by atoms with Crippen LogP contribution in [0.25, 0.3) is 0 Å². The average Bonchev–Trinajstić information content (AvgIpc) is 1.98. The second kappa shape index (κ2) is 7.39. The molecular weight excluding hydrogens is 166 g/mol. The lowest BCUT2D eigenvalue weighted by molar-refractivity contribution is -0.142. The van der Waals surface area contributed by atoms with Crippen LogP contribution < -0.4 is 5.73 Å². The highest BCUT2D eigenvalue weighted by molar-refractivity contribution is 5.85. The monoisotopic (exact) mass is 177 g/mol. The Labute approximate surface area is 72.7 Å². The van der Waals surface area contributed by atoms with Gasteiger partial charge in [-0.25, -0.2) is 0 Å². The molecule has 0 aliphatic heterocycles. The first-order valence-electron chi connectivity index (χ1n) is 2.99. The Morgan fingerprint density at radius 3 is 2.73 bits per heavy atom. The van der Waals surface area contributed by atoms with Gasteiger partial charge in [-0.05, 0) is 6.42 Å². The lowest BCUT2D eigenvalue weighted by Gasteiger charge is -2.05. The standard InChI is InChI=1S/C7H11NO2.ClH/c1-3-4-5-6(8)7(9)10-2;/h1,6H,4-5,8H2,2H3;1H/t6-;/m0./s1. The van der Waals surface area contributed by atoms with Crippen molar-refractivity contribution in [3.8, 4) is 12.3 Å². The van der Waals surface area contributed by atoms with Gasteiger partial charge < -0.3 is 10.5 Å². The first kappa shape index (κ1) is 12.9. The third-order valence-electron chi connectivity index (χ3n) is 1.10. The van der Waals surface area contributed by atoms with Crippen molar-refractivity contribution < 1.29 is 9.53 Å². The Morgan fingerprint density at radius 2 is 2.36 bits per heavy atom. The molecule has 0 saturated heterocycles. The summed E-state index contributed by atoms with van der Waals surface area (Å²) < 4.78 is 4.38. The Kier molecular flexibility index (Phi) is 8.67. The first-order chi connectivity index (χ1) is 4.72.